The molecule has 0 bridgehead atoms. The van der Waals surface area contributed by atoms with E-state index in [1.807, 2.05) is 18.2 Å². The number of carbonyl (C=O) groups is 2. The Labute approximate surface area is 190 Å². The van der Waals surface area contributed by atoms with Crippen LogP contribution in [-0.4, -0.2) is 36.2 Å². The number of esters is 1. The standard InChI is InChI=1S/C24H22N4O5/c1-2-31-23(30)16-6-9-18(10-7-16)27-24(26-14-19-5-3-4-12-25-19)28-22(29)17-8-11-20-21(13-17)33-15-32-20/h3-13H,2,14-15H2,1H3,(H2,26,27,28,29). The van der Waals surface area contributed by atoms with Crippen molar-refractivity contribution in [2.45, 2.75) is 13.5 Å². The summed E-state index contributed by atoms with van der Waals surface area (Å²) in [4.78, 5) is 33.5. The summed E-state index contributed by atoms with van der Waals surface area (Å²) in [6.07, 6.45) is 1.68. The van der Waals surface area contributed by atoms with Gasteiger partial charge in [-0.2, -0.15) is 0 Å². The van der Waals surface area contributed by atoms with Crippen molar-refractivity contribution >= 4 is 23.5 Å². The van der Waals surface area contributed by atoms with E-state index in [0.717, 1.165) is 5.69 Å². The SMILES string of the molecule is CCOC(=O)c1ccc(NC(=NCc2ccccn2)NC(=O)c2ccc3c(c2)OCO3)cc1. The van der Waals surface area contributed by atoms with E-state index in [-0.39, 0.29) is 25.2 Å². The zero-order valence-corrected chi connectivity index (χ0v) is 17.9. The van der Waals surface area contributed by atoms with Crippen LogP contribution in [0.5, 0.6) is 11.5 Å². The van der Waals surface area contributed by atoms with Gasteiger partial charge in [0.1, 0.15) is 0 Å². The molecule has 9 nitrogen and oxygen atoms in total. The third-order valence-electron chi connectivity index (χ3n) is 4.65. The highest BCUT2D eigenvalue weighted by Crippen LogP contribution is 2.32. The quantitative estimate of drug-likeness (QED) is 0.339. The van der Waals surface area contributed by atoms with Crippen LogP contribution in [0, 0.1) is 0 Å². The van der Waals surface area contributed by atoms with E-state index in [1.165, 1.54) is 0 Å². The maximum absolute atomic E-state index is 12.9. The third-order valence-corrected chi connectivity index (χ3v) is 4.65. The molecule has 0 saturated carbocycles. The number of hydrogen-bond donors (Lipinski definition) is 2. The van der Waals surface area contributed by atoms with E-state index in [2.05, 4.69) is 20.6 Å². The number of anilines is 1. The molecule has 2 aromatic carbocycles. The van der Waals surface area contributed by atoms with Crippen LogP contribution >= 0.6 is 0 Å². The van der Waals surface area contributed by atoms with Crippen LogP contribution in [0.4, 0.5) is 5.69 Å². The van der Waals surface area contributed by atoms with Crippen LogP contribution in [0.2, 0.25) is 0 Å². The van der Waals surface area contributed by atoms with Crippen LogP contribution in [-0.2, 0) is 11.3 Å². The van der Waals surface area contributed by atoms with E-state index in [9.17, 15) is 9.59 Å². The molecule has 1 amide bonds. The number of hydrogen-bond acceptors (Lipinski definition) is 7. The van der Waals surface area contributed by atoms with Crippen LogP contribution < -0.4 is 20.1 Å². The minimum absolute atomic E-state index is 0.126. The lowest BCUT2D eigenvalue weighted by Crippen LogP contribution is -2.36. The number of ether oxygens (including phenoxy) is 3. The van der Waals surface area contributed by atoms with Crippen molar-refractivity contribution in [2.75, 3.05) is 18.7 Å². The van der Waals surface area contributed by atoms with Crippen LogP contribution in [0.15, 0.2) is 71.9 Å². The third kappa shape index (κ3) is 5.65. The largest absolute Gasteiger partial charge is 0.462 e. The number of aliphatic imine (C=N–C) groups is 1. The summed E-state index contributed by atoms with van der Waals surface area (Å²) < 4.78 is 15.6. The predicted molar refractivity (Wildman–Crippen MR) is 121 cm³/mol. The van der Waals surface area contributed by atoms with Crippen molar-refractivity contribution in [3.05, 3.63) is 83.7 Å². The number of carbonyl (C=O) groups excluding carboxylic acids is 2. The van der Waals surface area contributed by atoms with Gasteiger partial charge in [0.2, 0.25) is 12.8 Å². The second-order valence-electron chi connectivity index (χ2n) is 6.93. The lowest BCUT2D eigenvalue weighted by Gasteiger charge is -2.12. The first-order valence-corrected chi connectivity index (χ1v) is 10.3. The molecule has 0 fully saturated rings. The van der Waals surface area contributed by atoms with Crippen molar-refractivity contribution in [3.63, 3.8) is 0 Å². The molecule has 0 unspecified atom stereocenters. The molecular formula is C24H22N4O5. The number of fused-ring (bicyclic) bond motifs is 1. The molecule has 2 heterocycles. The molecule has 2 N–H and O–H groups in total. The molecule has 0 aliphatic carbocycles. The van der Waals surface area contributed by atoms with Crippen molar-refractivity contribution in [1.29, 1.82) is 0 Å². The van der Waals surface area contributed by atoms with Gasteiger partial charge in [-0.1, -0.05) is 6.07 Å². The van der Waals surface area contributed by atoms with Crippen LogP contribution in [0.3, 0.4) is 0 Å². The summed E-state index contributed by atoms with van der Waals surface area (Å²) in [5, 5.41) is 5.87. The topological polar surface area (TPSA) is 111 Å². The molecule has 0 radical (unpaired) electrons. The first-order valence-electron chi connectivity index (χ1n) is 10.3. The molecule has 1 aliphatic rings. The zero-order valence-electron chi connectivity index (χ0n) is 17.9. The maximum atomic E-state index is 12.9. The first kappa shape index (κ1) is 21.8. The van der Waals surface area contributed by atoms with Crippen LogP contribution in [0.25, 0.3) is 0 Å². The fourth-order valence-electron chi connectivity index (χ4n) is 3.02. The average Bonchev–Trinajstić information content (AvgIpc) is 3.32. The van der Waals surface area contributed by atoms with Gasteiger partial charge in [-0.15, -0.1) is 0 Å². The fraction of sp³-hybridized carbons (Fsp3) is 0.167. The Hall–Kier alpha value is -4.40. The molecular weight excluding hydrogens is 424 g/mol. The minimum atomic E-state index is -0.399. The maximum Gasteiger partial charge on any atom is 0.338 e. The molecule has 4 rings (SSSR count). The highest BCUT2D eigenvalue weighted by Gasteiger charge is 2.17. The smallest absolute Gasteiger partial charge is 0.338 e. The molecule has 168 valence electrons. The zero-order chi connectivity index (χ0) is 23.0. The Balaban J connectivity index is 1.51. The van der Waals surface area contributed by atoms with Gasteiger partial charge in [-0.25, -0.2) is 9.79 Å². The summed E-state index contributed by atoms with van der Waals surface area (Å²) in [5.74, 6) is 0.563. The number of guanidine groups is 1. The number of aromatic nitrogens is 1. The summed E-state index contributed by atoms with van der Waals surface area (Å²) in [6, 6.07) is 17.1. The summed E-state index contributed by atoms with van der Waals surface area (Å²) in [7, 11) is 0. The Morgan fingerprint density at radius 1 is 1.03 bits per heavy atom. The summed E-state index contributed by atoms with van der Waals surface area (Å²) in [6.45, 7) is 2.43. The lowest BCUT2D eigenvalue weighted by molar-refractivity contribution is 0.0526. The van der Waals surface area contributed by atoms with Gasteiger partial charge in [-0.3, -0.25) is 15.1 Å². The van der Waals surface area contributed by atoms with Crippen LogP contribution in [0.1, 0.15) is 33.3 Å². The van der Waals surface area contributed by atoms with Gasteiger partial charge in [0, 0.05) is 17.4 Å². The highest BCUT2D eigenvalue weighted by molar-refractivity contribution is 6.10. The van der Waals surface area contributed by atoms with Gasteiger partial charge >= 0.3 is 5.97 Å². The van der Waals surface area contributed by atoms with Gasteiger partial charge < -0.3 is 19.5 Å². The molecule has 0 spiro atoms. The summed E-state index contributed by atoms with van der Waals surface area (Å²) in [5.41, 5.74) is 2.20. The van der Waals surface area contributed by atoms with E-state index in [0.29, 0.717) is 34.9 Å². The van der Waals surface area contributed by atoms with Gasteiger partial charge in [0.05, 0.1) is 24.4 Å². The average molecular weight is 446 g/mol. The number of nitrogens with one attached hydrogen (secondary N) is 2. The summed E-state index contributed by atoms with van der Waals surface area (Å²) >= 11 is 0. The second-order valence-corrected chi connectivity index (χ2v) is 6.93. The van der Waals surface area contributed by atoms with Crippen molar-refractivity contribution in [1.82, 2.24) is 10.3 Å². The number of nitrogens with zero attached hydrogens (tertiary/aromatic N) is 2. The highest BCUT2D eigenvalue weighted by atomic mass is 16.7. The Kier molecular flexibility index (Phi) is 6.79. The minimum Gasteiger partial charge on any atom is -0.462 e. The predicted octanol–water partition coefficient (Wildman–Crippen LogP) is 3.39. The molecule has 33 heavy (non-hydrogen) atoms. The van der Waals surface area contributed by atoms with E-state index in [4.69, 9.17) is 14.2 Å². The lowest BCUT2D eigenvalue weighted by atomic mass is 10.2. The first-order chi connectivity index (χ1) is 16.1. The molecule has 0 atom stereocenters. The molecule has 1 aliphatic heterocycles. The Morgan fingerprint density at radius 2 is 1.82 bits per heavy atom. The molecule has 9 heteroatoms. The molecule has 0 saturated heterocycles. The number of rotatable bonds is 6. The van der Waals surface area contributed by atoms with Crippen molar-refractivity contribution in [2.24, 2.45) is 4.99 Å². The number of benzene rings is 2. The van der Waals surface area contributed by atoms with Crippen molar-refractivity contribution < 1.29 is 23.8 Å². The Bertz CT molecular complexity index is 1160. The van der Waals surface area contributed by atoms with Crippen molar-refractivity contribution in [3.8, 4) is 11.5 Å². The van der Waals surface area contributed by atoms with E-state index < -0.39 is 5.97 Å². The van der Waals surface area contributed by atoms with E-state index >= 15 is 0 Å². The monoisotopic (exact) mass is 446 g/mol. The number of amides is 1. The number of pyridine rings is 1. The second kappa shape index (κ2) is 10.3. The Morgan fingerprint density at radius 3 is 2.58 bits per heavy atom. The van der Waals surface area contributed by atoms with E-state index in [1.54, 1.807) is 55.6 Å². The van der Waals surface area contributed by atoms with Gasteiger partial charge in [0.15, 0.2) is 11.5 Å². The normalized spacial score (nSPS) is 12.2. The molecule has 1 aromatic heterocycles. The fourth-order valence-corrected chi connectivity index (χ4v) is 3.02. The van der Waals surface area contributed by atoms with Gasteiger partial charge in [0.25, 0.3) is 5.91 Å². The van der Waals surface area contributed by atoms with Gasteiger partial charge in [-0.05, 0) is 61.5 Å². The molecule has 3 aromatic rings.